The SMILES string of the molecule is Cc1cccnc1NC(=O)c1nc(-c2cccs2)n(-c2cccc(F)c2)n1. The Morgan fingerprint density at radius 3 is 2.81 bits per heavy atom. The zero-order valence-corrected chi connectivity index (χ0v) is 15.1. The Bertz CT molecular complexity index is 1110. The molecule has 0 bridgehead atoms. The third kappa shape index (κ3) is 3.47. The molecular weight excluding hydrogens is 365 g/mol. The summed E-state index contributed by atoms with van der Waals surface area (Å²) in [5.74, 6) is 0.0217. The number of rotatable bonds is 4. The van der Waals surface area contributed by atoms with Crippen LogP contribution in [0.2, 0.25) is 0 Å². The van der Waals surface area contributed by atoms with Gasteiger partial charge >= 0.3 is 0 Å². The highest BCUT2D eigenvalue weighted by Gasteiger charge is 2.20. The summed E-state index contributed by atoms with van der Waals surface area (Å²) >= 11 is 1.46. The predicted molar refractivity (Wildman–Crippen MR) is 102 cm³/mol. The Morgan fingerprint density at radius 2 is 2.07 bits per heavy atom. The van der Waals surface area contributed by atoms with Crippen LogP contribution in [0.4, 0.5) is 10.2 Å². The summed E-state index contributed by atoms with van der Waals surface area (Å²) in [4.78, 5) is 22.0. The molecule has 27 heavy (non-hydrogen) atoms. The maximum atomic E-state index is 13.7. The highest BCUT2D eigenvalue weighted by Crippen LogP contribution is 2.26. The maximum absolute atomic E-state index is 13.7. The Balaban J connectivity index is 1.75. The van der Waals surface area contributed by atoms with Crippen molar-refractivity contribution in [3.05, 3.63) is 77.3 Å². The van der Waals surface area contributed by atoms with E-state index in [4.69, 9.17) is 0 Å². The Kier molecular flexibility index (Phi) is 4.47. The van der Waals surface area contributed by atoms with Crippen LogP contribution in [0.1, 0.15) is 16.2 Å². The van der Waals surface area contributed by atoms with Gasteiger partial charge in [0.15, 0.2) is 5.82 Å². The monoisotopic (exact) mass is 379 g/mol. The summed E-state index contributed by atoms with van der Waals surface area (Å²) in [6.07, 6.45) is 1.60. The third-order valence-corrected chi connectivity index (χ3v) is 4.71. The normalized spacial score (nSPS) is 10.7. The van der Waals surface area contributed by atoms with Gasteiger partial charge in [0.1, 0.15) is 11.6 Å². The van der Waals surface area contributed by atoms with Crippen LogP contribution in [-0.4, -0.2) is 25.7 Å². The molecular formula is C19H14FN5OS. The predicted octanol–water partition coefficient (Wildman–Crippen LogP) is 4.09. The van der Waals surface area contributed by atoms with Crippen molar-refractivity contribution in [2.75, 3.05) is 5.32 Å². The number of pyridine rings is 1. The number of anilines is 1. The number of nitrogens with one attached hydrogen (secondary N) is 1. The molecule has 1 N–H and O–H groups in total. The van der Waals surface area contributed by atoms with Gasteiger partial charge in [-0.25, -0.2) is 19.0 Å². The summed E-state index contributed by atoms with van der Waals surface area (Å²) in [6, 6.07) is 13.4. The zero-order valence-electron chi connectivity index (χ0n) is 14.3. The van der Waals surface area contributed by atoms with Gasteiger partial charge in [0.25, 0.3) is 5.91 Å². The lowest BCUT2D eigenvalue weighted by Gasteiger charge is -2.04. The first-order valence-corrected chi connectivity index (χ1v) is 8.99. The fourth-order valence-corrected chi connectivity index (χ4v) is 3.24. The average Bonchev–Trinajstić information content (AvgIpc) is 3.33. The van der Waals surface area contributed by atoms with E-state index < -0.39 is 11.7 Å². The van der Waals surface area contributed by atoms with E-state index in [2.05, 4.69) is 20.4 Å². The quantitative estimate of drug-likeness (QED) is 0.580. The molecule has 0 unspecified atom stereocenters. The first-order valence-electron chi connectivity index (χ1n) is 8.11. The van der Waals surface area contributed by atoms with Crippen molar-refractivity contribution in [2.45, 2.75) is 6.92 Å². The van der Waals surface area contributed by atoms with Crippen LogP contribution < -0.4 is 5.32 Å². The van der Waals surface area contributed by atoms with Crippen LogP contribution in [0, 0.1) is 12.7 Å². The average molecular weight is 379 g/mol. The number of carbonyl (C=O) groups excluding carboxylic acids is 1. The van der Waals surface area contributed by atoms with Crippen molar-refractivity contribution >= 4 is 23.1 Å². The molecule has 3 aromatic heterocycles. The molecule has 8 heteroatoms. The van der Waals surface area contributed by atoms with Gasteiger partial charge in [-0.2, -0.15) is 0 Å². The van der Waals surface area contributed by atoms with Crippen molar-refractivity contribution in [3.63, 3.8) is 0 Å². The number of hydrogen-bond acceptors (Lipinski definition) is 5. The third-order valence-electron chi connectivity index (χ3n) is 3.85. The summed E-state index contributed by atoms with van der Waals surface area (Å²) < 4.78 is 15.1. The molecule has 0 aliphatic heterocycles. The fraction of sp³-hybridized carbons (Fsp3) is 0.0526. The molecule has 0 aliphatic carbocycles. The number of aromatic nitrogens is 4. The summed E-state index contributed by atoms with van der Waals surface area (Å²) in [5, 5.41) is 8.92. The van der Waals surface area contributed by atoms with E-state index in [0.717, 1.165) is 10.4 Å². The number of nitrogens with zero attached hydrogens (tertiary/aromatic N) is 4. The standard InChI is InChI=1S/C19H14FN5OS/c1-12-5-3-9-21-16(12)23-19(26)17-22-18(15-8-4-10-27-15)25(24-17)14-7-2-6-13(20)11-14/h2-11H,1H3,(H,21,23,26). The Hall–Kier alpha value is -3.39. The molecule has 0 spiro atoms. The number of halogens is 1. The smallest absolute Gasteiger partial charge is 0.296 e. The first-order chi connectivity index (χ1) is 13.1. The van der Waals surface area contributed by atoms with Crippen LogP contribution in [0.3, 0.4) is 0 Å². The van der Waals surface area contributed by atoms with E-state index in [9.17, 15) is 9.18 Å². The van der Waals surface area contributed by atoms with Gasteiger partial charge in [0.05, 0.1) is 10.6 Å². The lowest BCUT2D eigenvalue weighted by atomic mass is 10.3. The Labute approximate surface area is 158 Å². The van der Waals surface area contributed by atoms with Gasteiger partial charge in [-0.05, 0) is 48.2 Å². The van der Waals surface area contributed by atoms with Gasteiger partial charge in [-0.3, -0.25) is 4.79 Å². The van der Waals surface area contributed by atoms with Crippen molar-refractivity contribution in [2.24, 2.45) is 0 Å². The molecule has 0 saturated heterocycles. The van der Waals surface area contributed by atoms with E-state index in [0.29, 0.717) is 17.3 Å². The van der Waals surface area contributed by atoms with Crippen LogP contribution in [-0.2, 0) is 0 Å². The molecule has 134 valence electrons. The summed E-state index contributed by atoms with van der Waals surface area (Å²) in [7, 11) is 0. The second-order valence-electron chi connectivity index (χ2n) is 5.75. The number of carbonyl (C=O) groups is 1. The first kappa shape index (κ1) is 17.0. The molecule has 0 saturated carbocycles. The number of amides is 1. The van der Waals surface area contributed by atoms with Crippen molar-refractivity contribution in [1.29, 1.82) is 0 Å². The molecule has 0 fully saturated rings. The van der Waals surface area contributed by atoms with Gasteiger partial charge in [-0.15, -0.1) is 16.4 Å². The summed E-state index contributed by atoms with van der Waals surface area (Å²) in [6.45, 7) is 1.85. The van der Waals surface area contributed by atoms with Gasteiger partial charge in [-0.1, -0.05) is 18.2 Å². The van der Waals surface area contributed by atoms with E-state index in [1.807, 2.05) is 30.5 Å². The molecule has 4 aromatic rings. The second kappa shape index (κ2) is 7.08. The van der Waals surface area contributed by atoms with Crippen LogP contribution >= 0.6 is 11.3 Å². The number of aryl methyl sites for hydroxylation is 1. The number of benzene rings is 1. The van der Waals surface area contributed by atoms with E-state index in [-0.39, 0.29) is 5.82 Å². The number of thiophene rings is 1. The second-order valence-corrected chi connectivity index (χ2v) is 6.70. The minimum atomic E-state index is -0.482. The van der Waals surface area contributed by atoms with E-state index in [1.54, 1.807) is 24.4 Å². The highest BCUT2D eigenvalue weighted by atomic mass is 32.1. The molecule has 1 aromatic carbocycles. The molecule has 4 rings (SSSR count). The summed E-state index contributed by atoms with van der Waals surface area (Å²) in [5.41, 5.74) is 1.31. The highest BCUT2D eigenvalue weighted by molar-refractivity contribution is 7.13. The topological polar surface area (TPSA) is 72.7 Å². The zero-order chi connectivity index (χ0) is 18.8. The minimum Gasteiger partial charge on any atom is -0.304 e. The van der Waals surface area contributed by atoms with Crippen molar-refractivity contribution in [3.8, 4) is 16.4 Å². The lowest BCUT2D eigenvalue weighted by molar-refractivity contribution is 0.101. The largest absolute Gasteiger partial charge is 0.304 e. The molecule has 0 atom stereocenters. The van der Waals surface area contributed by atoms with E-state index >= 15 is 0 Å². The molecule has 1 amide bonds. The van der Waals surface area contributed by atoms with Crippen LogP contribution in [0.15, 0.2) is 60.1 Å². The van der Waals surface area contributed by atoms with Gasteiger partial charge in [0, 0.05) is 6.20 Å². The van der Waals surface area contributed by atoms with Crippen LogP contribution in [0.5, 0.6) is 0 Å². The molecule has 6 nitrogen and oxygen atoms in total. The van der Waals surface area contributed by atoms with Gasteiger partial charge < -0.3 is 5.32 Å². The minimum absolute atomic E-state index is 0.0206. The molecule has 0 aliphatic rings. The van der Waals surface area contributed by atoms with Crippen molar-refractivity contribution < 1.29 is 9.18 Å². The van der Waals surface area contributed by atoms with Crippen LogP contribution in [0.25, 0.3) is 16.4 Å². The molecule has 3 heterocycles. The van der Waals surface area contributed by atoms with Crippen molar-refractivity contribution in [1.82, 2.24) is 19.7 Å². The van der Waals surface area contributed by atoms with E-state index in [1.165, 1.54) is 28.2 Å². The lowest BCUT2D eigenvalue weighted by Crippen LogP contribution is -2.16. The number of hydrogen-bond donors (Lipinski definition) is 1. The molecule has 0 radical (unpaired) electrons. The Morgan fingerprint density at radius 1 is 1.19 bits per heavy atom. The maximum Gasteiger partial charge on any atom is 0.296 e. The van der Waals surface area contributed by atoms with Gasteiger partial charge in [0.2, 0.25) is 5.82 Å². The fourth-order valence-electron chi connectivity index (χ4n) is 2.54.